The molecular formula is C19H20ClFN2O. The molecule has 2 aromatic carbocycles. The summed E-state index contributed by atoms with van der Waals surface area (Å²) in [6.45, 7) is 0.645. The molecule has 126 valence electrons. The Labute approximate surface area is 145 Å². The van der Waals surface area contributed by atoms with Crippen LogP contribution >= 0.6 is 11.6 Å². The van der Waals surface area contributed by atoms with E-state index in [2.05, 4.69) is 4.98 Å². The molecule has 3 N–H and O–H groups in total. The van der Waals surface area contributed by atoms with Gasteiger partial charge >= 0.3 is 0 Å². The minimum absolute atomic E-state index is 0.264. The van der Waals surface area contributed by atoms with Crippen molar-refractivity contribution in [2.24, 2.45) is 5.73 Å². The van der Waals surface area contributed by atoms with Crippen LogP contribution in [0.5, 0.6) is 5.75 Å². The van der Waals surface area contributed by atoms with Crippen LogP contribution in [0.1, 0.15) is 18.4 Å². The Morgan fingerprint density at radius 3 is 2.79 bits per heavy atom. The van der Waals surface area contributed by atoms with Crippen molar-refractivity contribution in [1.82, 2.24) is 4.98 Å². The van der Waals surface area contributed by atoms with E-state index < -0.39 is 0 Å². The highest BCUT2D eigenvalue weighted by atomic mass is 35.5. The molecule has 0 radical (unpaired) electrons. The van der Waals surface area contributed by atoms with Gasteiger partial charge in [0.25, 0.3) is 0 Å². The van der Waals surface area contributed by atoms with Gasteiger partial charge in [0.1, 0.15) is 11.6 Å². The number of nitrogens with two attached hydrogens (primary N) is 1. The maximum Gasteiger partial charge on any atom is 0.147 e. The minimum Gasteiger partial charge on any atom is -0.496 e. The quantitative estimate of drug-likeness (QED) is 0.622. The fourth-order valence-electron chi connectivity index (χ4n) is 3.05. The molecule has 0 atom stereocenters. The van der Waals surface area contributed by atoms with Gasteiger partial charge in [0.15, 0.2) is 0 Å². The molecule has 0 saturated carbocycles. The number of halogens is 2. The summed E-state index contributed by atoms with van der Waals surface area (Å²) >= 11 is 6.17. The highest BCUT2D eigenvalue weighted by molar-refractivity contribution is 6.31. The summed E-state index contributed by atoms with van der Waals surface area (Å²) in [4.78, 5) is 3.23. The van der Waals surface area contributed by atoms with Crippen LogP contribution in [0.4, 0.5) is 4.39 Å². The van der Waals surface area contributed by atoms with Gasteiger partial charge in [0.2, 0.25) is 0 Å². The first-order valence-electron chi connectivity index (χ1n) is 7.98. The third kappa shape index (κ3) is 3.12. The number of ether oxygens (including phenoxy) is 1. The van der Waals surface area contributed by atoms with Gasteiger partial charge in [-0.15, -0.1) is 0 Å². The largest absolute Gasteiger partial charge is 0.496 e. The molecule has 0 aliphatic carbocycles. The normalized spacial score (nSPS) is 11.2. The van der Waals surface area contributed by atoms with Crippen LogP contribution in [0, 0.1) is 5.82 Å². The zero-order valence-corrected chi connectivity index (χ0v) is 14.3. The molecule has 0 bridgehead atoms. The number of H-pyrrole nitrogens is 1. The molecule has 1 heterocycles. The van der Waals surface area contributed by atoms with Crippen LogP contribution in [-0.4, -0.2) is 18.6 Å². The molecule has 1 aromatic heterocycles. The fraction of sp³-hybridized carbons (Fsp3) is 0.263. The van der Waals surface area contributed by atoms with E-state index in [0.717, 1.165) is 41.5 Å². The lowest BCUT2D eigenvalue weighted by molar-refractivity contribution is 0.416. The van der Waals surface area contributed by atoms with Crippen molar-refractivity contribution >= 4 is 22.5 Å². The Morgan fingerprint density at radius 1 is 1.21 bits per heavy atom. The first-order chi connectivity index (χ1) is 11.7. The van der Waals surface area contributed by atoms with E-state index in [0.29, 0.717) is 22.8 Å². The average molecular weight is 347 g/mol. The number of aromatic nitrogens is 1. The summed E-state index contributed by atoms with van der Waals surface area (Å²) in [5.74, 6) is 0.436. The van der Waals surface area contributed by atoms with E-state index in [1.807, 2.05) is 18.2 Å². The van der Waals surface area contributed by atoms with Crippen molar-refractivity contribution in [3.8, 4) is 17.0 Å². The number of aromatic amines is 1. The van der Waals surface area contributed by atoms with Gasteiger partial charge in [-0.1, -0.05) is 23.7 Å². The van der Waals surface area contributed by atoms with Crippen molar-refractivity contribution in [2.75, 3.05) is 13.7 Å². The van der Waals surface area contributed by atoms with E-state index in [9.17, 15) is 4.39 Å². The Morgan fingerprint density at radius 2 is 2.04 bits per heavy atom. The predicted octanol–water partition coefficient (Wildman–Crippen LogP) is 4.92. The molecule has 3 nitrogen and oxygen atoms in total. The molecule has 3 aromatic rings. The second-order valence-corrected chi connectivity index (χ2v) is 6.17. The van der Waals surface area contributed by atoms with E-state index >= 15 is 0 Å². The smallest absolute Gasteiger partial charge is 0.147 e. The number of aryl methyl sites for hydroxylation is 1. The van der Waals surface area contributed by atoms with Crippen molar-refractivity contribution in [1.29, 1.82) is 0 Å². The van der Waals surface area contributed by atoms with Crippen LogP contribution in [-0.2, 0) is 6.42 Å². The second kappa shape index (κ2) is 7.24. The van der Waals surface area contributed by atoms with E-state index in [1.54, 1.807) is 19.2 Å². The predicted molar refractivity (Wildman–Crippen MR) is 97.2 cm³/mol. The highest BCUT2D eigenvalue weighted by Crippen LogP contribution is 2.38. The molecule has 5 heteroatoms. The number of para-hydroxylation sites is 1. The van der Waals surface area contributed by atoms with Crippen LogP contribution in [0.15, 0.2) is 36.4 Å². The Hall–Kier alpha value is -2.04. The van der Waals surface area contributed by atoms with Crippen LogP contribution in [0.2, 0.25) is 5.02 Å². The molecule has 0 saturated heterocycles. The van der Waals surface area contributed by atoms with Crippen molar-refractivity contribution < 1.29 is 9.13 Å². The average Bonchev–Trinajstić information content (AvgIpc) is 2.95. The number of rotatable bonds is 6. The van der Waals surface area contributed by atoms with Gasteiger partial charge in [-0.2, -0.15) is 0 Å². The second-order valence-electron chi connectivity index (χ2n) is 5.73. The highest BCUT2D eigenvalue weighted by Gasteiger charge is 2.18. The summed E-state index contributed by atoms with van der Waals surface area (Å²) in [6, 6.07) is 10.6. The van der Waals surface area contributed by atoms with Crippen molar-refractivity contribution in [3.63, 3.8) is 0 Å². The standard InChI is InChI=1S/C19H20ClFN2O/c1-24-17-9-8-12(20)11-15(17)18-13(5-2-3-10-22)14-6-4-7-16(21)19(14)23-18/h4,6-9,11,23H,2-3,5,10,22H2,1H3. The summed E-state index contributed by atoms with van der Waals surface area (Å²) in [5.41, 5.74) is 8.88. The van der Waals surface area contributed by atoms with Crippen LogP contribution in [0.3, 0.4) is 0 Å². The first kappa shape index (κ1) is 16.8. The van der Waals surface area contributed by atoms with Gasteiger partial charge in [-0.25, -0.2) is 4.39 Å². The number of hydrogen-bond acceptors (Lipinski definition) is 2. The van der Waals surface area contributed by atoms with Crippen molar-refractivity contribution in [2.45, 2.75) is 19.3 Å². The molecule has 0 spiro atoms. The summed E-state index contributed by atoms with van der Waals surface area (Å²) in [5, 5.41) is 1.50. The topological polar surface area (TPSA) is 51.0 Å². The molecular weight excluding hydrogens is 327 g/mol. The minimum atomic E-state index is -0.264. The molecule has 3 rings (SSSR count). The monoisotopic (exact) mass is 346 g/mol. The van der Waals surface area contributed by atoms with Crippen molar-refractivity contribution in [3.05, 3.63) is 52.8 Å². The number of nitrogens with one attached hydrogen (secondary N) is 1. The summed E-state index contributed by atoms with van der Waals surface area (Å²) in [7, 11) is 1.62. The Bertz CT molecular complexity index is 860. The molecule has 0 amide bonds. The number of methoxy groups -OCH3 is 1. The lowest BCUT2D eigenvalue weighted by Crippen LogP contribution is -1.99. The van der Waals surface area contributed by atoms with Crippen LogP contribution in [0.25, 0.3) is 22.2 Å². The maximum absolute atomic E-state index is 14.2. The maximum atomic E-state index is 14.2. The summed E-state index contributed by atoms with van der Waals surface area (Å²) in [6.07, 6.45) is 2.68. The zero-order chi connectivity index (χ0) is 17.1. The molecule has 0 aliphatic rings. The molecule has 0 unspecified atom stereocenters. The SMILES string of the molecule is COc1ccc(Cl)cc1-c1[nH]c2c(F)cccc2c1CCCCN. The number of unbranched alkanes of at least 4 members (excludes halogenated alkanes) is 1. The van der Waals surface area contributed by atoms with Crippen LogP contribution < -0.4 is 10.5 Å². The number of benzene rings is 2. The third-order valence-corrected chi connectivity index (χ3v) is 4.44. The first-order valence-corrected chi connectivity index (χ1v) is 8.36. The van der Waals surface area contributed by atoms with E-state index in [1.165, 1.54) is 6.07 Å². The lowest BCUT2D eigenvalue weighted by atomic mass is 9.99. The molecule has 0 fully saturated rings. The Kier molecular flexibility index (Phi) is 5.07. The van der Waals surface area contributed by atoms with E-state index in [-0.39, 0.29) is 5.82 Å². The van der Waals surface area contributed by atoms with E-state index in [4.69, 9.17) is 22.1 Å². The third-order valence-electron chi connectivity index (χ3n) is 4.20. The summed E-state index contributed by atoms with van der Waals surface area (Å²) < 4.78 is 19.7. The van der Waals surface area contributed by atoms with Gasteiger partial charge in [-0.3, -0.25) is 0 Å². The molecule has 24 heavy (non-hydrogen) atoms. The van der Waals surface area contributed by atoms with Gasteiger partial charge in [0.05, 0.1) is 18.3 Å². The van der Waals surface area contributed by atoms with Gasteiger partial charge < -0.3 is 15.5 Å². The Balaban J connectivity index is 2.21. The fourth-order valence-corrected chi connectivity index (χ4v) is 3.22. The molecule has 0 aliphatic heterocycles. The lowest BCUT2D eigenvalue weighted by Gasteiger charge is -2.10. The van der Waals surface area contributed by atoms with Gasteiger partial charge in [0, 0.05) is 16.0 Å². The number of hydrogen-bond donors (Lipinski definition) is 2. The zero-order valence-electron chi connectivity index (χ0n) is 13.5. The van der Waals surface area contributed by atoms with Gasteiger partial charge in [-0.05, 0) is 55.6 Å². The number of fused-ring (bicyclic) bond motifs is 1.